The first-order chi connectivity index (χ1) is 17.6. The van der Waals surface area contributed by atoms with Crippen LogP contribution in [0.3, 0.4) is 0 Å². The fraction of sp³-hybridized carbons (Fsp3) is 0.500. The Bertz CT molecular complexity index is 1460. The molecular weight excluding hydrogens is 619 g/mol. The fourth-order valence-corrected chi connectivity index (χ4v) is 10.7. The van der Waals surface area contributed by atoms with Gasteiger partial charge in [0, 0.05) is 16.2 Å². The van der Waals surface area contributed by atoms with Crippen LogP contribution in [0.2, 0.25) is 0 Å². The third kappa shape index (κ3) is 3.36. The maximum Gasteiger partial charge on any atom is 3.00 e. The molecule has 2 saturated carbocycles. The van der Waals surface area contributed by atoms with Gasteiger partial charge in [-0.2, -0.15) is 6.08 Å². The zero-order chi connectivity index (χ0) is 27.7. The third-order valence-electron chi connectivity index (χ3n) is 14.0. The largest absolute Gasteiger partial charge is 3.00 e. The molecule has 0 nitrogen and oxygen atoms in total. The van der Waals surface area contributed by atoms with Gasteiger partial charge in [0.15, 0.2) is 0 Å². The van der Waals surface area contributed by atoms with Crippen molar-refractivity contribution in [2.75, 3.05) is 0 Å². The van der Waals surface area contributed by atoms with E-state index in [4.69, 9.17) is 0 Å². The summed E-state index contributed by atoms with van der Waals surface area (Å²) in [6.45, 7) is 27.4. The van der Waals surface area contributed by atoms with E-state index < -0.39 is 0 Å². The Morgan fingerprint density at radius 1 is 0.707 bits per heavy atom. The molecule has 3 heteroatoms. The SMILES string of the molecule is CC1=CCC(C2=C(C)C3(C)C(=CC2=C(C)C)[CH-]C2(C)C4(C)C=CC=CC4(C)C4(C)C=CC=CC4(C)C32C)=C1.[Cl-].[Cl-].[Zr+3]. The minimum absolute atomic E-state index is 0. The van der Waals surface area contributed by atoms with Crippen molar-refractivity contribution < 1.29 is 51.0 Å². The molecule has 0 aliphatic heterocycles. The van der Waals surface area contributed by atoms with E-state index in [1.54, 1.807) is 5.57 Å². The Morgan fingerprint density at radius 3 is 1.68 bits per heavy atom. The van der Waals surface area contributed by atoms with Crippen LogP contribution in [0.15, 0.2) is 106 Å². The van der Waals surface area contributed by atoms with Gasteiger partial charge in [-0.1, -0.05) is 131 Å². The molecule has 7 atom stereocenters. The van der Waals surface area contributed by atoms with E-state index in [1.807, 2.05) is 0 Å². The molecule has 0 aromatic heterocycles. The van der Waals surface area contributed by atoms with E-state index in [2.05, 4.69) is 149 Å². The van der Waals surface area contributed by atoms with Crippen LogP contribution in [0.25, 0.3) is 0 Å². The summed E-state index contributed by atoms with van der Waals surface area (Å²) in [5.74, 6) is 0. The molecule has 0 aromatic carbocycles. The van der Waals surface area contributed by atoms with Gasteiger partial charge in [-0.15, -0.1) is 5.57 Å². The van der Waals surface area contributed by atoms with Gasteiger partial charge in [-0.25, -0.2) is 12.0 Å². The van der Waals surface area contributed by atoms with Crippen LogP contribution in [-0.2, 0) is 26.2 Å². The second-order valence-corrected chi connectivity index (χ2v) is 14.7. The standard InChI is InChI=1S/C38H47.2ClH.Zr/c1-25(2)30-23-29-24-36(9)34(7)20-13-12-18-32(34,5)33(6)19-14-15-21-35(33,8)38(36,11)37(29,10)27(4)31(30)28-17-16-26(3)22-28;;;/h12-16,18-24H,17H2,1-11H3;2*1H;/q-1;;;+3/p-2. The van der Waals surface area contributed by atoms with Gasteiger partial charge in [-0.05, 0) is 61.5 Å². The Morgan fingerprint density at radius 2 is 1.20 bits per heavy atom. The monoisotopic (exact) mass is 663 g/mol. The maximum absolute atomic E-state index is 2.74. The third-order valence-corrected chi connectivity index (χ3v) is 14.0. The van der Waals surface area contributed by atoms with Crippen molar-refractivity contribution in [3.8, 4) is 0 Å². The van der Waals surface area contributed by atoms with Gasteiger partial charge >= 0.3 is 26.2 Å². The van der Waals surface area contributed by atoms with Crippen LogP contribution in [-0.4, -0.2) is 0 Å². The number of allylic oxidation sites excluding steroid dienone is 18. The Hall–Kier alpha value is -1.01. The van der Waals surface area contributed by atoms with Crippen molar-refractivity contribution in [1.82, 2.24) is 0 Å². The minimum Gasteiger partial charge on any atom is -1.00 e. The summed E-state index contributed by atoms with van der Waals surface area (Å²) in [5.41, 5.74) is 9.77. The van der Waals surface area contributed by atoms with Crippen LogP contribution in [0.1, 0.15) is 82.6 Å². The zero-order valence-corrected chi connectivity index (χ0v) is 30.9. The maximum atomic E-state index is 2.74. The molecule has 7 unspecified atom stereocenters. The van der Waals surface area contributed by atoms with Gasteiger partial charge in [0.05, 0.1) is 0 Å². The quantitative estimate of drug-likeness (QED) is 0.365. The van der Waals surface area contributed by atoms with E-state index in [0.29, 0.717) is 0 Å². The van der Waals surface area contributed by atoms with Gasteiger partial charge < -0.3 is 24.8 Å². The molecule has 217 valence electrons. The van der Waals surface area contributed by atoms with E-state index in [-0.39, 0.29) is 88.9 Å². The van der Waals surface area contributed by atoms with Crippen LogP contribution in [0.4, 0.5) is 0 Å². The average molecular weight is 666 g/mol. The molecular formula is C38H47Cl2Zr. The first kappa shape index (κ1) is 34.5. The normalized spacial score (nSPS) is 44.6. The van der Waals surface area contributed by atoms with Crippen molar-refractivity contribution in [3.63, 3.8) is 0 Å². The Kier molecular flexibility index (Phi) is 8.42. The number of fused-ring (bicyclic) bond motifs is 8. The molecule has 0 amide bonds. The molecule has 6 rings (SSSR count). The zero-order valence-electron chi connectivity index (χ0n) is 26.9. The average Bonchev–Trinajstić information content (AvgIpc) is 3.36. The number of hydrogen-bond acceptors (Lipinski definition) is 0. The minimum atomic E-state index is -0.113. The number of halogens is 2. The number of rotatable bonds is 1. The van der Waals surface area contributed by atoms with Gasteiger partial charge in [0.1, 0.15) is 0 Å². The first-order valence-corrected chi connectivity index (χ1v) is 14.7. The second kappa shape index (κ2) is 10.0. The summed E-state index contributed by atoms with van der Waals surface area (Å²) in [6.07, 6.45) is 30.7. The molecule has 1 radical (unpaired) electrons. The number of hydrogen-bond donors (Lipinski definition) is 0. The molecule has 0 heterocycles. The summed E-state index contributed by atoms with van der Waals surface area (Å²) < 4.78 is 0. The van der Waals surface area contributed by atoms with Crippen molar-refractivity contribution in [3.05, 3.63) is 112 Å². The predicted octanol–water partition coefficient (Wildman–Crippen LogP) is 4.39. The molecule has 0 bridgehead atoms. The van der Waals surface area contributed by atoms with Gasteiger partial charge in [-0.3, -0.25) is 0 Å². The molecule has 0 aromatic rings. The molecule has 0 spiro atoms. The van der Waals surface area contributed by atoms with Crippen molar-refractivity contribution in [2.45, 2.75) is 82.6 Å². The first-order valence-electron chi connectivity index (χ1n) is 14.7. The summed E-state index contributed by atoms with van der Waals surface area (Å²) in [5, 5.41) is 0. The van der Waals surface area contributed by atoms with Gasteiger partial charge in [0.2, 0.25) is 0 Å². The molecule has 0 N–H and O–H groups in total. The fourth-order valence-electron chi connectivity index (χ4n) is 10.7. The Balaban J connectivity index is 0.00000154. The van der Waals surface area contributed by atoms with E-state index >= 15 is 0 Å². The van der Waals surface area contributed by atoms with Crippen LogP contribution in [0, 0.1) is 44.3 Å². The Labute approximate surface area is 282 Å². The van der Waals surface area contributed by atoms with Crippen LogP contribution in [0.5, 0.6) is 0 Å². The van der Waals surface area contributed by atoms with Crippen molar-refractivity contribution in [1.29, 1.82) is 0 Å². The molecule has 6 aliphatic carbocycles. The van der Waals surface area contributed by atoms with Gasteiger partial charge in [0.25, 0.3) is 0 Å². The van der Waals surface area contributed by atoms with E-state index in [1.165, 1.54) is 33.4 Å². The van der Waals surface area contributed by atoms with E-state index in [9.17, 15) is 0 Å². The van der Waals surface area contributed by atoms with E-state index in [0.717, 1.165) is 6.42 Å². The molecule has 0 saturated heterocycles. The summed E-state index contributed by atoms with van der Waals surface area (Å²) in [7, 11) is 0. The molecule has 41 heavy (non-hydrogen) atoms. The molecule has 6 aliphatic rings. The van der Waals surface area contributed by atoms with Crippen molar-refractivity contribution in [2.24, 2.45) is 37.9 Å². The van der Waals surface area contributed by atoms with Crippen molar-refractivity contribution >= 4 is 0 Å². The van der Waals surface area contributed by atoms with Crippen LogP contribution < -0.4 is 24.8 Å². The predicted molar refractivity (Wildman–Crippen MR) is 163 cm³/mol. The summed E-state index contributed by atoms with van der Waals surface area (Å²) in [6, 6.07) is 0. The smallest absolute Gasteiger partial charge is 1.00 e. The molecule has 2 fully saturated rings. The summed E-state index contributed by atoms with van der Waals surface area (Å²) >= 11 is 0. The summed E-state index contributed by atoms with van der Waals surface area (Å²) in [4.78, 5) is 0. The second-order valence-electron chi connectivity index (χ2n) is 14.7. The topological polar surface area (TPSA) is 0 Å². The van der Waals surface area contributed by atoms with Crippen LogP contribution >= 0.6 is 0 Å².